The summed E-state index contributed by atoms with van der Waals surface area (Å²) in [6.07, 6.45) is -1.50. The third kappa shape index (κ3) is 8.34. The summed E-state index contributed by atoms with van der Waals surface area (Å²) in [7, 11) is 0. The van der Waals surface area contributed by atoms with Gasteiger partial charge in [-0.1, -0.05) is 42.0 Å². The lowest BCUT2D eigenvalue weighted by atomic mass is 9.96. The van der Waals surface area contributed by atoms with E-state index in [1.165, 1.54) is 0 Å². The van der Waals surface area contributed by atoms with Crippen molar-refractivity contribution >= 4 is 29.5 Å². The van der Waals surface area contributed by atoms with Gasteiger partial charge in [-0.2, -0.15) is 5.26 Å². The number of benzene rings is 2. The van der Waals surface area contributed by atoms with Gasteiger partial charge in [0.15, 0.2) is 0 Å². The van der Waals surface area contributed by atoms with Crippen LogP contribution in [-0.4, -0.2) is 46.9 Å². The normalized spacial score (nSPS) is 12.4. The number of hydrogen-bond donors (Lipinski definition) is 3. The maximum absolute atomic E-state index is 13.8. The number of nitrogens with zero attached hydrogens (tertiary/aromatic N) is 2. The van der Waals surface area contributed by atoms with E-state index in [1.807, 2.05) is 38.1 Å². The molecule has 0 aromatic heterocycles. The fourth-order valence-electron chi connectivity index (χ4n) is 3.92. The van der Waals surface area contributed by atoms with Crippen molar-refractivity contribution in [1.82, 2.24) is 10.2 Å². The fourth-order valence-corrected chi connectivity index (χ4v) is 3.92. The number of ether oxygens (including phenoxy) is 1. The monoisotopic (exact) mass is 521 g/mol. The van der Waals surface area contributed by atoms with Crippen LogP contribution in [0.25, 0.3) is 0 Å². The molecule has 0 saturated carbocycles. The van der Waals surface area contributed by atoms with Crippen molar-refractivity contribution in [2.45, 2.75) is 65.6 Å². The highest BCUT2D eigenvalue weighted by molar-refractivity contribution is 6.00. The molecule has 0 aliphatic rings. The maximum Gasteiger partial charge on any atom is 0.408 e. The molecule has 10 nitrogen and oxygen atoms in total. The molecule has 0 aliphatic heterocycles. The van der Waals surface area contributed by atoms with E-state index in [0.29, 0.717) is 11.3 Å². The quantitative estimate of drug-likeness (QED) is 0.430. The zero-order valence-electron chi connectivity index (χ0n) is 22.6. The molecule has 202 valence electrons. The summed E-state index contributed by atoms with van der Waals surface area (Å²) in [6.45, 7) is 9.95. The van der Waals surface area contributed by atoms with Crippen LogP contribution in [0.4, 0.5) is 10.5 Å². The zero-order valence-corrected chi connectivity index (χ0v) is 22.6. The van der Waals surface area contributed by atoms with Crippen molar-refractivity contribution < 1.29 is 23.9 Å². The number of hydrogen-bond acceptors (Lipinski definition) is 6. The first-order valence-corrected chi connectivity index (χ1v) is 12.1. The van der Waals surface area contributed by atoms with E-state index in [1.54, 1.807) is 52.0 Å². The molecule has 2 atom stereocenters. The summed E-state index contributed by atoms with van der Waals surface area (Å²) < 4.78 is 5.24. The number of nitrogens with one attached hydrogen (secondary N) is 2. The number of rotatable bonds is 9. The summed E-state index contributed by atoms with van der Waals surface area (Å²) in [6, 6.07) is 11.7. The standard InChI is InChI=1S/C28H35N5O5/c1-17-11-12-20(19(3)15-17)24(25(35)31-21-10-8-7-9-18(21)2)33(14-13-29)26(36)22(16-23(30)34)32-27(37)38-28(4,5)6/h7-12,15,22,24H,14,16H2,1-6H3,(H2,30,34)(H,31,35)(H,32,37). The highest BCUT2D eigenvalue weighted by atomic mass is 16.6. The summed E-state index contributed by atoms with van der Waals surface area (Å²) >= 11 is 0. The van der Waals surface area contributed by atoms with Gasteiger partial charge in [-0.15, -0.1) is 0 Å². The van der Waals surface area contributed by atoms with E-state index < -0.39 is 54.5 Å². The molecule has 2 aromatic rings. The summed E-state index contributed by atoms with van der Waals surface area (Å²) in [5.41, 5.74) is 7.99. The van der Waals surface area contributed by atoms with E-state index in [0.717, 1.165) is 21.6 Å². The molecule has 0 saturated heterocycles. The number of para-hydroxylation sites is 1. The van der Waals surface area contributed by atoms with E-state index >= 15 is 0 Å². The molecule has 0 radical (unpaired) electrons. The van der Waals surface area contributed by atoms with Gasteiger partial charge in [-0.3, -0.25) is 14.4 Å². The topological polar surface area (TPSA) is 155 Å². The zero-order chi connectivity index (χ0) is 28.6. The number of nitrogens with two attached hydrogens (primary N) is 1. The second kappa shape index (κ2) is 12.7. The van der Waals surface area contributed by atoms with Gasteiger partial charge in [0, 0.05) is 5.69 Å². The Kier molecular flexibility index (Phi) is 9.99. The number of alkyl carbamates (subject to hydrolysis) is 1. The van der Waals surface area contributed by atoms with Gasteiger partial charge in [0.25, 0.3) is 5.91 Å². The van der Waals surface area contributed by atoms with Gasteiger partial charge >= 0.3 is 6.09 Å². The van der Waals surface area contributed by atoms with E-state index in [-0.39, 0.29) is 0 Å². The Labute approximate surface area is 223 Å². The van der Waals surface area contributed by atoms with Crippen LogP contribution >= 0.6 is 0 Å². The first-order chi connectivity index (χ1) is 17.7. The first-order valence-electron chi connectivity index (χ1n) is 12.1. The summed E-state index contributed by atoms with van der Waals surface area (Å²) in [5, 5.41) is 14.9. The molecule has 2 aromatic carbocycles. The summed E-state index contributed by atoms with van der Waals surface area (Å²) in [5.74, 6) is -2.25. The van der Waals surface area contributed by atoms with Crippen molar-refractivity contribution in [2.24, 2.45) is 5.73 Å². The number of aryl methyl sites for hydroxylation is 3. The minimum absolute atomic E-state index is 0.486. The van der Waals surface area contributed by atoms with Crippen LogP contribution in [0.2, 0.25) is 0 Å². The molecule has 0 bridgehead atoms. The Morgan fingerprint density at radius 3 is 2.26 bits per heavy atom. The SMILES string of the molecule is Cc1ccc(C(C(=O)Nc2ccccc2C)N(CC#N)C(=O)C(CC(N)=O)NC(=O)OC(C)(C)C)c(C)c1. The molecule has 0 spiro atoms. The average Bonchev–Trinajstić information content (AvgIpc) is 2.79. The molecule has 4 amide bonds. The molecular weight excluding hydrogens is 486 g/mol. The summed E-state index contributed by atoms with van der Waals surface area (Å²) in [4.78, 5) is 52.9. The molecular formula is C28H35N5O5. The van der Waals surface area contributed by atoms with Crippen molar-refractivity contribution in [3.8, 4) is 6.07 Å². The van der Waals surface area contributed by atoms with Crippen molar-refractivity contribution in [3.05, 3.63) is 64.7 Å². The Morgan fingerprint density at radius 1 is 1.05 bits per heavy atom. The maximum atomic E-state index is 13.8. The van der Waals surface area contributed by atoms with Crippen LogP contribution in [0, 0.1) is 32.1 Å². The fraction of sp³-hybridized carbons (Fsp3) is 0.393. The van der Waals surface area contributed by atoms with Crippen LogP contribution < -0.4 is 16.4 Å². The Balaban J connectivity index is 2.57. The predicted molar refractivity (Wildman–Crippen MR) is 143 cm³/mol. The van der Waals surface area contributed by atoms with E-state index in [9.17, 15) is 24.4 Å². The minimum Gasteiger partial charge on any atom is -0.444 e. The van der Waals surface area contributed by atoms with Crippen LogP contribution in [0.5, 0.6) is 0 Å². The van der Waals surface area contributed by atoms with Crippen molar-refractivity contribution in [2.75, 3.05) is 11.9 Å². The molecule has 0 aliphatic carbocycles. The lowest BCUT2D eigenvalue weighted by Crippen LogP contribution is -2.53. The van der Waals surface area contributed by atoms with Crippen molar-refractivity contribution in [1.29, 1.82) is 5.26 Å². The Bertz CT molecular complexity index is 1240. The van der Waals surface area contributed by atoms with Crippen LogP contribution in [-0.2, 0) is 19.1 Å². The number of carbonyl (C=O) groups excluding carboxylic acids is 4. The van der Waals surface area contributed by atoms with Gasteiger partial charge in [0.1, 0.15) is 24.2 Å². The Morgan fingerprint density at radius 2 is 1.71 bits per heavy atom. The Hall–Kier alpha value is -4.39. The smallest absolute Gasteiger partial charge is 0.408 e. The van der Waals surface area contributed by atoms with E-state index in [2.05, 4.69) is 10.6 Å². The van der Waals surface area contributed by atoms with Crippen LogP contribution in [0.15, 0.2) is 42.5 Å². The van der Waals surface area contributed by atoms with Crippen LogP contribution in [0.1, 0.15) is 55.5 Å². The van der Waals surface area contributed by atoms with Gasteiger partial charge in [0.2, 0.25) is 11.8 Å². The first kappa shape index (κ1) is 29.8. The highest BCUT2D eigenvalue weighted by Gasteiger charge is 2.37. The number of nitriles is 1. The van der Waals surface area contributed by atoms with Gasteiger partial charge < -0.3 is 26.0 Å². The third-order valence-electron chi connectivity index (χ3n) is 5.60. The molecule has 38 heavy (non-hydrogen) atoms. The van der Waals surface area contributed by atoms with Crippen molar-refractivity contribution in [3.63, 3.8) is 0 Å². The predicted octanol–water partition coefficient (Wildman–Crippen LogP) is 3.41. The largest absolute Gasteiger partial charge is 0.444 e. The number of carbonyl (C=O) groups is 4. The van der Waals surface area contributed by atoms with Gasteiger partial charge in [-0.05, 0) is 64.3 Å². The number of primary amides is 1. The molecule has 10 heteroatoms. The van der Waals surface area contributed by atoms with E-state index in [4.69, 9.17) is 10.5 Å². The van der Waals surface area contributed by atoms with Gasteiger partial charge in [0.05, 0.1) is 12.5 Å². The molecule has 0 heterocycles. The highest BCUT2D eigenvalue weighted by Crippen LogP contribution is 2.28. The third-order valence-corrected chi connectivity index (χ3v) is 5.60. The molecule has 2 unspecified atom stereocenters. The lowest BCUT2D eigenvalue weighted by molar-refractivity contribution is -0.141. The lowest BCUT2D eigenvalue weighted by Gasteiger charge is -2.33. The molecule has 0 fully saturated rings. The minimum atomic E-state index is -1.46. The number of amides is 4. The second-order valence-electron chi connectivity index (χ2n) is 10.1. The number of anilines is 1. The average molecular weight is 522 g/mol. The molecule has 2 rings (SSSR count). The second-order valence-corrected chi connectivity index (χ2v) is 10.1. The van der Waals surface area contributed by atoms with Gasteiger partial charge in [-0.25, -0.2) is 4.79 Å². The van der Waals surface area contributed by atoms with Crippen LogP contribution in [0.3, 0.4) is 0 Å². The molecule has 4 N–H and O–H groups in total.